The van der Waals surface area contributed by atoms with Crippen LogP contribution in [0.15, 0.2) is 79.0 Å². The third-order valence-electron chi connectivity index (χ3n) is 7.07. The number of methoxy groups -OCH3 is 1. The van der Waals surface area contributed by atoms with E-state index in [4.69, 9.17) is 4.74 Å². The smallest absolute Gasteiger partial charge is 0.416 e. The molecule has 1 N–H and O–H groups in total. The van der Waals surface area contributed by atoms with Crippen molar-refractivity contribution in [2.45, 2.75) is 38.9 Å². The zero-order chi connectivity index (χ0) is 29.4. The molecule has 0 unspecified atom stereocenters. The molecule has 1 aromatic heterocycles. The van der Waals surface area contributed by atoms with Crippen molar-refractivity contribution in [3.63, 3.8) is 0 Å². The Morgan fingerprint density at radius 3 is 2.27 bits per heavy atom. The predicted octanol–water partition coefficient (Wildman–Crippen LogP) is 6.71. The lowest BCUT2D eigenvalue weighted by atomic mass is 10.1. The maximum absolute atomic E-state index is 13.7. The third kappa shape index (κ3) is 7.68. The first-order valence-electron chi connectivity index (χ1n) is 13.6. The van der Waals surface area contributed by atoms with Gasteiger partial charge in [0.2, 0.25) is 5.91 Å². The fourth-order valence-corrected chi connectivity index (χ4v) is 4.69. The van der Waals surface area contributed by atoms with Gasteiger partial charge in [-0.15, -0.1) is 0 Å². The number of carbonyl (C=O) groups is 2. The number of nitrogens with zero attached hydrogens (tertiary/aromatic N) is 2. The van der Waals surface area contributed by atoms with Crippen LogP contribution in [0.25, 0.3) is 10.9 Å². The van der Waals surface area contributed by atoms with Crippen molar-refractivity contribution < 1.29 is 27.5 Å². The highest BCUT2D eigenvalue weighted by atomic mass is 19.4. The SMILES string of the molecule is CCCCN(CC(=O)N(CCc1c[nH]c2ccccc12)Cc1ccc(C(F)(F)F)cc1)C(=O)c1ccc(OC)cc1. The molecule has 4 rings (SSSR count). The third-order valence-corrected chi connectivity index (χ3v) is 7.07. The second-order valence-corrected chi connectivity index (χ2v) is 9.93. The summed E-state index contributed by atoms with van der Waals surface area (Å²) in [6.45, 7) is 2.73. The van der Waals surface area contributed by atoms with Crippen LogP contribution in [-0.4, -0.2) is 53.3 Å². The Morgan fingerprint density at radius 2 is 1.61 bits per heavy atom. The number of carbonyl (C=O) groups excluding carboxylic acids is 2. The Morgan fingerprint density at radius 1 is 0.902 bits per heavy atom. The van der Waals surface area contributed by atoms with Crippen molar-refractivity contribution in [1.82, 2.24) is 14.8 Å². The largest absolute Gasteiger partial charge is 0.497 e. The van der Waals surface area contributed by atoms with Gasteiger partial charge in [-0.05, 0) is 66.4 Å². The summed E-state index contributed by atoms with van der Waals surface area (Å²) < 4.78 is 44.5. The van der Waals surface area contributed by atoms with E-state index in [1.807, 2.05) is 37.4 Å². The quantitative estimate of drug-likeness (QED) is 0.208. The van der Waals surface area contributed by atoms with Gasteiger partial charge in [0.25, 0.3) is 5.91 Å². The molecule has 0 spiro atoms. The number of para-hydroxylation sites is 1. The summed E-state index contributed by atoms with van der Waals surface area (Å²) in [5.74, 6) is 0.0843. The second-order valence-electron chi connectivity index (χ2n) is 9.93. The molecule has 0 saturated heterocycles. The highest BCUT2D eigenvalue weighted by Gasteiger charge is 2.30. The lowest BCUT2D eigenvalue weighted by Crippen LogP contribution is -2.43. The number of rotatable bonds is 12. The zero-order valence-electron chi connectivity index (χ0n) is 23.2. The molecule has 0 fully saturated rings. The van der Waals surface area contributed by atoms with Crippen LogP contribution in [0.1, 0.15) is 46.8 Å². The number of nitrogens with one attached hydrogen (secondary N) is 1. The number of unbranched alkanes of at least 4 members (excludes halogenated alkanes) is 1. The molecule has 9 heteroatoms. The molecule has 0 aliphatic rings. The topological polar surface area (TPSA) is 65.6 Å². The van der Waals surface area contributed by atoms with Gasteiger partial charge >= 0.3 is 6.18 Å². The number of amides is 2. The van der Waals surface area contributed by atoms with Gasteiger partial charge in [-0.3, -0.25) is 9.59 Å². The highest BCUT2D eigenvalue weighted by molar-refractivity contribution is 5.96. The number of fused-ring (bicyclic) bond motifs is 1. The fraction of sp³-hybridized carbons (Fsp3) is 0.312. The van der Waals surface area contributed by atoms with E-state index in [-0.39, 0.29) is 24.9 Å². The monoisotopic (exact) mass is 565 g/mol. The average Bonchev–Trinajstić information content (AvgIpc) is 3.39. The molecule has 6 nitrogen and oxygen atoms in total. The number of hydrogen-bond donors (Lipinski definition) is 1. The van der Waals surface area contributed by atoms with Crippen molar-refractivity contribution in [3.8, 4) is 5.75 Å². The van der Waals surface area contributed by atoms with Gasteiger partial charge in [0, 0.05) is 42.3 Å². The summed E-state index contributed by atoms with van der Waals surface area (Å²) in [7, 11) is 1.55. The number of aromatic nitrogens is 1. The number of aromatic amines is 1. The molecule has 3 aromatic carbocycles. The summed E-state index contributed by atoms with van der Waals surface area (Å²) in [5.41, 5.74) is 2.30. The first-order valence-corrected chi connectivity index (χ1v) is 13.6. The molecular weight excluding hydrogens is 531 g/mol. The molecule has 0 atom stereocenters. The Bertz CT molecular complexity index is 1450. The minimum absolute atomic E-state index is 0.123. The Labute approximate surface area is 237 Å². The van der Waals surface area contributed by atoms with E-state index in [9.17, 15) is 22.8 Å². The van der Waals surface area contributed by atoms with Crippen molar-refractivity contribution >= 4 is 22.7 Å². The number of H-pyrrole nitrogens is 1. The van der Waals surface area contributed by atoms with Gasteiger partial charge in [0.1, 0.15) is 12.3 Å². The summed E-state index contributed by atoms with van der Waals surface area (Å²) in [6.07, 6.45) is -0.422. The van der Waals surface area contributed by atoms with Crippen molar-refractivity contribution in [2.24, 2.45) is 0 Å². The zero-order valence-corrected chi connectivity index (χ0v) is 23.2. The minimum Gasteiger partial charge on any atom is -0.497 e. The Balaban J connectivity index is 1.55. The van der Waals surface area contributed by atoms with E-state index in [1.54, 1.807) is 41.2 Å². The Hall–Kier alpha value is -4.27. The summed E-state index contributed by atoms with van der Waals surface area (Å²) in [6, 6.07) is 19.4. The van der Waals surface area contributed by atoms with Gasteiger partial charge in [-0.25, -0.2) is 0 Å². The predicted molar refractivity (Wildman–Crippen MR) is 153 cm³/mol. The molecule has 216 valence electrons. The van der Waals surface area contributed by atoms with Gasteiger partial charge in [0.05, 0.1) is 12.7 Å². The van der Waals surface area contributed by atoms with Crippen LogP contribution in [0.4, 0.5) is 13.2 Å². The molecule has 1 heterocycles. The summed E-state index contributed by atoms with van der Waals surface area (Å²) >= 11 is 0. The number of alkyl halides is 3. The van der Waals surface area contributed by atoms with Crippen LogP contribution in [0.3, 0.4) is 0 Å². The van der Waals surface area contributed by atoms with Crippen LogP contribution < -0.4 is 4.74 Å². The van der Waals surface area contributed by atoms with E-state index in [1.165, 1.54) is 12.1 Å². The maximum atomic E-state index is 13.7. The number of benzene rings is 3. The van der Waals surface area contributed by atoms with Gasteiger partial charge in [-0.1, -0.05) is 43.7 Å². The first-order chi connectivity index (χ1) is 19.7. The molecule has 0 saturated carbocycles. The van der Waals surface area contributed by atoms with Crippen LogP contribution in [-0.2, 0) is 23.9 Å². The number of hydrogen-bond acceptors (Lipinski definition) is 3. The molecule has 4 aromatic rings. The molecule has 2 amide bonds. The maximum Gasteiger partial charge on any atom is 0.416 e. The molecule has 41 heavy (non-hydrogen) atoms. The fourth-order valence-electron chi connectivity index (χ4n) is 4.69. The highest BCUT2D eigenvalue weighted by Crippen LogP contribution is 2.29. The summed E-state index contributed by atoms with van der Waals surface area (Å²) in [4.78, 5) is 33.5. The molecular formula is C32H34F3N3O3. The van der Waals surface area contributed by atoms with E-state index < -0.39 is 11.7 Å². The van der Waals surface area contributed by atoms with E-state index in [2.05, 4.69) is 4.98 Å². The average molecular weight is 566 g/mol. The van der Waals surface area contributed by atoms with Gasteiger partial charge < -0.3 is 19.5 Å². The second kappa shape index (κ2) is 13.4. The normalized spacial score (nSPS) is 11.4. The lowest BCUT2D eigenvalue weighted by molar-refractivity contribution is -0.137. The minimum atomic E-state index is -4.44. The number of halogens is 3. The molecule has 0 aliphatic carbocycles. The molecule has 0 radical (unpaired) electrons. The molecule has 0 aliphatic heterocycles. The van der Waals surface area contributed by atoms with Crippen molar-refractivity contribution in [3.05, 3.63) is 101 Å². The first kappa shape index (κ1) is 29.7. The van der Waals surface area contributed by atoms with Gasteiger partial charge in [-0.2, -0.15) is 13.2 Å². The Kier molecular flexibility index (Phi) is 9.70. The van der Waals surface area contributed by atoms with E-state index in [0.29, 0.717) is 36.4 Å². The van der Waals surface area contributed by atoms with E-state index in [0.717, 1.165) is 41.4 Å². The van der Waals surface area contributed by atoms with Crippen molar-refractivity contribution in [2.75, 3.05) is 26.7 Å². The van der Waals surface area contributed by atoms with Crippen LogP contribution in [0, 0.1) is 0 Å². The lowest BCUT2D eigenvalue weighted by Gasteiger charge is -2.28. The van der Waals surface area contributed by atoms with Crippen molar-refractivity contribution in [1.29, 1.82) is 0 Å². The van der Waals surface area contributed by atoms with Crippen LogP contribution in [0.5, 0.6) is 5.75 Å². The standard InChI is InChI=1S/C32H34F3N3O3/c1-3-4-18-38(31(40)24-11-15-27(41-2)16-12-24)22-30(39)37(21-23-9-13-26(14-10-23)32(33,34)35)19-17-25-20-36-29-8-6-5-7-28(25)29/h5-16,20,36H,3-4,17-19,21-22H2,1-2H3. The van der Waals surface area contributed by atoms with E-state index >= 15 is 0 Å². The van der Waals surface area contributed by atoms with Gasteiger partial charge in [0.15, 0.2) is 0 Å². The molecule has 0 bridgehead atoms. The summed E-state index contributed by atoms with van der Waals surface area (Å²) in [5, 5.41) is 1.05. The van der Waals surface area contributed by atoms with Crippen LogP contribution >= 0.6 is 0 Å². The van der Waals surface area contributed by atoms with Crippen LogP contribution in [0.2, 0.25) is 0 Å². The number of ether oxygens (including phenoxy) is 1.